The number of hydrogen-bond donors (Lipinski definition) is 0. The zero-order valence-electron chi connectivity index (χ0n) is 12.6. The average molecular weight is 306 g/mol. The zero-order chi connectivity index (χ0) is 15.4. The molecular weight excluding hydrogens is 288 g/mol. The summed E-state index contributed by atoms with van der Waals surface area (Å²) >= 11 is 1.50. The first-order valence-corrected chi connectivity index (χ1v) is 7.39. The van der Waals surface area contributed by atoms with Gasteiger partial charge in [-0.05, 0) is 24.6 Å². The molecule has 0 aliphatic carbocycles. The van der Waals surface area contributed by atoms with Crippen LogP contribution in [-0.2, 0) is 6.42 Å². The summed E-state index contributed by atoms with van der Waals surface area (Å²) in [7, 11) is 4.62. The molecule has 0 N–H and O–H groups in total. The number of methoxy groups -OCH3 is 3. The van der Waals surface area contributed by atoms with Crippen LogP contribution in [0.2, 0.25) is 0 Å². The third-order valence-electron chi connectivity index (χ3n) is 3.18. The van der Waals surface area contributed by atoms with Crippen molar-refractivity contribution >= 4 is 17.1 Å². The first-order chi connectivity index (χ1) is 10.1. The van der Waals surface area contributed by atoms with Gasteiger partial charge in [0.05, 0.1) is 31.8 Å². The Morgan fingerprint density at radius 3 is 2.14 bits per heavy atom. The van der Waals surface area contributed by atoms with Gasteiger partial charge in [0.25, 0.3) is 0 Å². The van der Waals surface area contributed by atoms with Crippen molar-refractivity contribution in [3.05, 3.63) is 39.6 Å². The van der Waals surface area contributed by atoms with Gasteiger partial charge in [-0.15, -0.1) is 11.3 Å². The Morgan fingerprint density at radius 1 is 1.00 bits per heavy atom. The fourth-order valence-electron chi connectivity index (χ4n) is 2.03. The molecular formula is C16H18O4S. The SMILES string of the molecule is CCc1ccc(C(=O)c2cc(OC)c(OC)cc2OC)s1. The van der Waals surface area contributed by atoms with Gasteiger partial charge >= 0.3 is 0 Å². The van der Waals surface area contributed by atoms with Crippen molar-refractivity contribution in [3.8, 4) is 17.2 Å². The number of rotatable bonds is 6. The van der Waals surface area contributed by atoms with E-state index in [-0.39, 0.29) is 5.78 Å². The predicted octanol–water partition coefficient (Wildman–Crippen LogP) is 3.57. The van der Waals surface area contributed by atoms with Crippen LogP contribution in [0.25, 0.3) is 0 Å². The molecule has 21 heavy (non-hydrogen) atoms. The normalized spacial score (nSPS) is 10.3. The monoisotopic (exact) mass is 306 g/mol. The van der Waals surface area contributed by atoms with Gasteiger partial charge in [-0.1, -0.05) is 6.92 Å². The molecule has 0 bridgehead atoms. The van der Waals surface area contributed by atoms with Gasteiger partial charge in [0.2, 0.25) is 5.78 Å². The van der Waals surface area contributed by atoms with Crippen LogP contribution in [0.3, 0.4) is 0 Å². The number of hydrogen-bond acceptors (Lipinski definition) is 5. The summed E-state index contributed by atoms with van der Waals surface area (Å²) in [5, 5.41) is 0. The molecule has 0 aliphatic heterocycles. The van der Waals surface area contributed by atoms with Gasteiger partial charge in [-0.3, -0.25) is 4.79 Å². The van der Waals surface area contributed by atoms with E-state index >= 15 is 0 Å². The summed E-state index contributed by atoms with van der Waals surface area (Å²) in [4.78, 5) is 14.5. The van der Waals surface area contributed by atoms with E-state index in [0.717, 1.165) is 6.42 Å². The lowest BCUT2D eigenvalue weighted by Gasteiger charge is -2.13. The van der Waals surface area contributed by atoms with Crippen LogP contribution in [0.4, 0.5) is 0 Å². The maximum absolute atomic E-state index is 12.7. The van der Waals surface area contributed by atoms with Gasteiger partial charge in [0, 0.05) is 10.9 Å². The van der Waals surface area contributed by atoms with Crippen LogP contribution in [0, 0.1) is 0 Å². The van der Waals surface area contributed by atoms with Crippen LogP contribution >= 0.6 is 11.3 Å². The van der Waals surface area contributed by atoms with E-state index in [0.29, 0.717) is 27.7 Å². The maximum Gasteiger partial charge on any atom is 0.206 e. The molecule has 112 valence electrons. The summed E-state index contributed by atoms with van der Waals surface area (Å²) in [5.74, 6) is 1.45. The molecule has 4 nitrogen and oxygen atoms in total. The minimum Gasteiger partial charge on any atom is -0.496 e. The van der Waals surface area contributed by atoms with Crippen molar-refractivity contribution < 1.29 is 19.0 Å². The van der Waals surface area contributed by atoms with Gasteiger partial charge in [0.1, 0.15) is 5.75 Å². The molecule has 0 saturated heterocycles. The molecule has 2 aromatic rings. The van der Waals surface area contributed by atoms with Crippen molar-refractivity contribution in [2.45, 2.75) is 13.3 Å². The van der Waals surface area contributed by atoms with Crippen molar-refractivity contribution in [1.82, 2.24) is 0 Å². The molecule has 0 saturated carbocycles. The van der Waals surface area contributed by atoms with Gasteiger partial charge in [0.15, 0.2) is 11.5 Å². The Balaban J connectivity index is 2.48. The number of thiophene rings is 1. The topological polar surface area (TPSA) is 44.8 Å². The molecule has 0 unspecified atom stereocenters. The summed E-state index contributed by atoms with van der Waals surface area (Å²) in [6.45, 7) is 2.07. The van der Waals surface area contributed by atoms with Gasteiger partial charge in [-0.2, -0.15) is 0 Å². The smallest absolute Gasteiger partial charge is 0.206 e. The lowest BCUT2D eigenvalue weighted by molar-refractivity contribution is 0.103. The first-order valence-electron chi connectivity index (χ1n) is 6.58. The van der Waals surface area contributed by atoms with Gasteiger partial charge in [-0.25, -0.2) is 0 Å². The average Bonchev–Trinajstić information content (AvgIpc) is 3.01. The fourth-order valence-corrected chi connectivity index (χ4v) is 2.93. The van der Waals surface area contributed by atoms with E-state index < -0.39 is 0 Å². The van der Waals surface area contributed by atoms with Gasteiger partial charge < -0.3 is 14.2 Å². The second kappa shape index (κ2) is 6.63. The number of carbonyl (C=O) groups excluding carboxylic acids is 1. The summed E-state index contributed by atoms with van der Waals surface area (Å²) < 4.78 is 15.8. The fraction of sp³-hybridized carbons (Fsp3) is 0.312. The Hall–Kier alpha value is -2.01. The summed E-state index contributed by atoms with van der Waals surface area (Å²) in [6.07, 6.45) is 0.918. The number of ketones is 1. The highest BCUT2D eigenvalue weighted by molar-refractivity contribution is 7.14. The molecule has 1 aromatic heterocycles. The lowest BCUT2D eigenvalue weighted by atomic mass is 10.1. The van der Waals surface area contributed by atoms with Crippen LogP contribution in [0.5, 0.6) is 17.2 Å². The Bertz CT molecular complexity index is 646. The molecule has 0 atom stereocenters. The Labute approximate surface area is 128 Å². The van der Waals surface area contributed by atoms with Crippen LogP contribution in [-0.4, -0.2) is 27.1 Å². The van der Waals surface area contributed by atoms with E-state index in [1.807, 2.05) is 12.1 Å². The predicted molar refractivity (Wildman–Crippen MR) is 83.2 cm³/mol. The highest BCUT2D eigenvalue weighted by Gasteiger charge is 2.20. The quantitative estimate of drug-likeness (QED) is 0.765. The zero-order valence-corrected chi connectivity index (χ0v) is 13.4. The van der Waals surface area contributed by atoms with E-state index in [4.69, 9.17) is 14.2 Å². The van der Waals surface area contributed by atoms with Crippen LogP contribution in [0.1, 0.15) is 27.0 Å². The third-order valence-corrected chi connectivity index (χ3v) is 4.41. The van der Waals surface area contributed by atoms with Crippen LogP contribution < -0.4 is 14.2 Å². The minimum atomic E-state index is -0.0718. The molecule has 0 fully saturated rings. The number of ether oxygens (including phenoxy) is 3. The first kappa shape index (κ1) is 15.4. The Morgan fingerprint density at radius 2 is 1.62 bits per heavy atom. The highest BCUT2D eigenvalue weighted by atomic mass is 32.1. The summed E-state index contributed by atoms with van der Waals surface area (Å²) in [5.41, 5.74) is 0.472. The molecule has 1 aromatic carbocycles. The number of carbonyl (C=O) groups is 1. The maximum atomic E-state index is 12.7. The van der Waals surface area contributed by atoms with E-state index in [1.165, 1.54) is 23.3 Å². The standard InChI is InChI=1S/C16H18O4S/c1-5-10-6-7-15(21-10)16(17)11-8-13(19-3)14(20-4)9-12(11)18-2/h6-9H,5H2,1-4H3. The lowest BCUT2D eigenvalue weighted by Crippen LogP contribution is -2.04. The molecule has 0 radical (unpaired) electrons. The minimum absolute atomic E-state index is 0.0718. The van der Waals surface area contributed by atoms with E-state index in [2.05, 4.69) is 6.92 Å². The van der Waals surface area contributed by atoms with Crippen molar-refractivity contribution in [3.63, 3.8) is 0 Å². The largest absolute Gasteiger partial charge is 0.496 e. The molecule has 0 amide bonds. The number of benzene rings is 1. The molecule has 1 heterocycles. The van der Waals surface area contributed by atoms with Crippen molar-refractivity contribution in [1.29, 1.82) is 0 Å². The van der Waals surface area contributed by atoms with E-state index in [1.54, 1.807) is 26.4 Å². The molecule has 2 rings (SSSR count). The van der Waals surface area contributed by atoms with Crippen LogP contribution in [0.15, 0.2) is 24.3 Å². The second-order valence-electron chi connectivity index (χ2n) is 4.36. The van der Waals surface area contributed by atoms with Crippen molar-refractivity contribution in [2.24, 2.45) is 0 Å². The summed E-state index contributed by atoms with van der Waals surface area (Å²) in [6, 6.07) is 7.15. The molecule has 0 spiro atoms. The second-order valence-corrected chi connectivity index (χ2v) is 5.52. The molecule has 5 heteroatoms. The Kier molecular flexibility index (Phi) is 4.85. The van der Waals surface area contributed by atoms with Crippen molar-refractivity contribution in [2.75, 3.05) is 21.3 Å². The third kappa shape index (κ3) is 3.03. The highest BCUT2D eigenvalue weighted by Crippen LogP contribution is 2.36. The number of aryl methyl sites for hydroxylation is 1. The van der Waals surface area contributed by atoms with E-state index in [9.17, 15) is 4.79 Å². The molecule has 0 aliphatic rings.